The number of sulfonamides is 1. The van der Waals surface area contributed by atoms with Crippen molar-refractivity contribution in [2.75, 3.05) is 10.8 Å². The molecule has 0 spiro atoms. The molecule has 0 aliphatic heterocycles. The van der Waals surface area contributed by atoms with Crippen LogP contribution in [0.5, 0.6) is 0 Å². The molecule has 0 aliphatic carbocycles. The van der Waals surface area contributed by atoms with E-state index in [1.807, 2.05) is 17.5 Å². The molecule has 1 N–H and O–H groups in total. The Hall–Kier alpha value is -2.49. The van der Waals surface area contributed by atoms with Crippen LogP contribution in [0.1, 0.15) is 11.8 Å². The summed E-state index contributed by atoms with van der Waals surface area (Å²) in [7, 11) is -3.93. The Bertz CT molecular complexity index is 1100. The minimum atomic E-state index is -3.93. The number of rotatable bonds is 7. The van der Waals surface area contributed by atoms with Crippen molar-refractivity contribution in [1.29, 1.82) is 0 Å². The first kappa shape index (κ1) is 21.2. The van der Waals surface area contributed by atoms with Gasteiger partial charge in [-0.05, 0) is 54.8 Å². The summed E-state index contributed by atoms with van der Waals surface area (Å²) in [6, 6.07) is 18.5. The second-order valence-electron chi connectivity index (χ2n) is 6.01. The summed E-state index contributed by atoms with van der Waals surface area (Å²) in [6.07, 6.45) is 0. The Kier molecular flexibility index (Phi) is 6.83. The number of anilines is 1. The summed E-state index contributed by atoms with van der Waals surface area (Å²) < 4.78 is 28.2. The fourth-order valence-electron chi connectivity index (χ4n) is 2.49. The van der Waals surface area contributed by atoms with Gasteiger partial charge >= 0.3 is 0 Å². The van der Waals surface area contributed by atoms with Crippen molar-refractivity contribution in [1.82, 2.24) is 5.43 Å². The number of nitrogens with one attached hydrogen (secondary N) is 1. The fraction of sp³-hybridized carbons (Fsp3) is 0.100. The van der Waals surface area contributed by atoms with Gasteiger partial charge in [0, 0.05) is 9.35 Å². The number of halogens is 1. The Morgan fingerprint density at radius 1 is 1.07 bits per heavy atom. The minimum absolute atomic E-state index is 0.106. The van der Waals surface area contributed by atoms with Crippen molar-refractivity contribution in [3.05, 3.63) is 81.5 Å². The molecule has 9 heteroatoms. The molecule has 2 aromatic carbocycles. The Labute approximate surface area is 182 Å². The number of amides is 1. The molecule has 3 aromatic rings. The molecule has 0 saturated heterocycles. The molecule has 3 rings (SSSR count). The van der Waals surface area contributed by atoms with Gasteiger partial charge in [0.1, 0.15) is 6.54 Å². The predicted octanol–water partition coefficient (Wildman–Crippen LogP) is 4.25. The molecule has 0 fully saturated rings. The van der Waals surface area contributed by atoms with Gasteiger partial charge in [-0.2, -0.15) is 5.10 Å². The quantitative estimate of drug-likeness (QED) is 0.396. The summed E-state index contributed by atoms with van der Waals surface area (Å²) in [5.74, 6) is -0.539. The van der Waals surface area contributed by atoms with Crippen molar-refractivity contribution in [2.45, 2.75) is 11.8 Å². The van der Waals surface area contributed by atoms with Crippen LogP contribution in [0, 0.1) is 0 Å². The molecule has 0 bridgehead atoms. The molecule has 150 valence electrons. The number of carbonyl (C=O) groups excluding carboxylic acids is 1. The van der Waals surface area contributed by atoms with Gasteiger partial charge in [0.15, 0.2) is 0 Å². The molecule has 29 heavy (non-hydrogen) atoms. The van der Waals surface area contributed by atoms with Crippen molar-refractivity contribution >= 4 is 54.6 Å². The first-order valence-electron chi connectivity index (χ1n) is 8.58. The maximum Gasteiger partial charge on any atom is 0.264 e. The topological polar surface area (TPSA) is 78.8 Å². The van der Waals surface area contributed by atoms with E-state index in [0.29, 0.717) is 11.4 Å². The van der Waals surface area contributed by atoms with Crippen LogP contribution in [0.3, 0.4) is 0 Å². The smallest absolute Gasteiger partial charge is 0.264 e. The summed E-state index contributed by atoms with van der Waals surface area (Å²) in [5.41, 5.74) is 3.47. The highest BCUT2D eigenvalue weighted by Crippen LogP contribution is 2.25. The highest BCUT2D eigenvalue weighted by atomic mass is 79.9. The Morgan fingerprint density at radius 2 is 1.76 bits per heavy atom. The molecule has 6 nitrogen and oxygen atoms in total. The number of thiophene rings is 1. The van der Waals surface area contributed by atoms with Crippen LogP contribution in [0.25, 0.3) is 0 Å². The fourth-order valence-corrected chi connectivity index (χ4v) is 4.88. The second kappa shape index (κ2) is 9.34. The molecule has 0 radical (unpaired) electrons. The molecule has 0 unspecified atom stereocenters. The SMILES string of the molecule is CC(=NNC(=O)CN(c1ccc(Br)cc1)S(=O)(=O)c1ccccc1)c1cccs1. The molecule has 1 heterocycles. The molecule has 0 atom stereocenters. The van der Waals surface area contributed by atoms with Crippen molar-refractivity contribution < 1.29 is 13.2 Å². The highest BCUT2D eigenvalue weighted by Gasteiger charge is 2.27. The average molecular weight is 492 g/mol. The van der Waals surface area contributed by atoms with E-state index in [4.69, 9.17) is 0 Å². The maximum absolute atomic E-state index is 13.2. The number of carbonyl (C=O) groups is 1. The Morgan fingerprint density at radius 3 is 2.38 bits per heavy atom. The van der Waals surface area contributed by atoms with Gasteiger partial charge in [0.05, 0.1) is 16.3 Å². The number of benzene rings is 2. The summed E-state index contributed by atoms with van der Waals surface area (Å²) in [6.45, 7) is 1.37. The predicted molar refractivity (Wildman–Crippen MR) is 120 cm³/mol. The van der Waals surface area contributed by atoms with Gasteiger partial charge in [-0.3, -0.25) is 9.10 Å². The number of nitrogens with zero attached hydrogens (tertiary/aromatic N) is 2. The van der Waals surface area contributed by atoms with Gasteiger partial charge in [0.25, 0.3) is 15.9 Å². The van der Waals surface area contributed by atoms with E-state index >= 15 is 0 Å². The number of hydrogen-bond donors (Lipinski definition) is 1. The van der Waals surface area contributed by atoms with Crippen molar-refractivity contribution in [2.24, 2.45) is 5.10 Å². The van der Waals surface area contributed by atoms with Crippen LogP contribution < -0.4 is 9.73 Å². The van der Waals surface area contributed by atoms with E-state index in [9.17, 15) is 13.2 Å². The van der Waals surface area contributed by atoms with E-state index < -0.39 is 22.5 Å². The lowest BCUT2D eigenvalue weighted by molar-refractivity contribution is -0.119. The zero-order chi connectivity index (χ0) is 20.9. The molecule has 0 aliphatic rings. The van der Waals surface area contributed by atoms with Crippen LogP contribution in [-0.4, -0.2) is 26.6 Å². The largest absolute Gasteiger partial charge is 0.271 e. The van der Waals surface area contributed by atoms with Gasteiger partial charge in [0.2, 0.25) is 0 Å². The molecule has 1 aromatic heterocycles. The van der Waals surface area contributed by atoms with Gasteiger partial charge in [-0.1, -0.05) is 40.2 Å². The lowest BCUT2D eigenvalue weighted by atomic mass is 10.3. The first-order valence-corrected chi connectivity index (χ1v) is 11.7. The van der Waals surface area contributed by atoms with Crippen LogP contribution in [0.15, 0.2) is 86.6 Å². The summed E-state index contributed by atoms with van der Waals surface area (Å²) in [5, 5.41) is 6.00. The first-order chi connectivity index (χ1) is 13.9. The molecule has 1 amide bonds. The zero-order valence-corrected chi connectivity index (χ0v) is 18.7. The summed E-state index contributed by atoms with van der Waals surface area (Å²) in [4.78, 5) is 13.5. The highest BCUT2D eigenvalue weighted by molar-refractivity contribution is 9.10. The lowest BCUT2D eigenvalue weighted by Gasteiger charge is -2.23. The van der Waals surface area contributed by atoms with E-state index in [0.717, 1.165) is 13.7 Å². The van der Waals surface area contributed by atoms with Gasteiger partial charge in [-0.25, -0.2) is 13.8 Å². The van der Waals surface area contributed by atoms with Crippen LogP contribution in [-0.2, 0) is 14.8 Å². The third-order valence-corrected chi connectivity index (χ3v) is 7.25. The van der Waals surface area contributed by atoms with Crippen LogP contribution in [0.4, 0.5) is 5.69 Å². The minimum Gasteiger partial charge on any atom is -0.271 e. The van der Waals surface area contributed by atoms with E-state index in [1.54, 1.807) is 49.4 Å². The average Bonchev–Trinajstić information content (AvgIpc) is 3.26. The summed E-state index contributed by atoms with van der Waals surface area (Å²) >= 11 is 4.84. The van der Waals surface area contributed by atoms with Crippen LogP contribution >= 0.6 is 27.3 Å². The number of hydrazone groups is 1. The van der Waals surface area contributed by atoms with Gasteiger partial charge < -0.3 is 0 Å². The zero-order valence-electron chi connectivity index (χ0n) is 15.4. The molecule has 0 saturated carbocycles. The standard InChI is InChI=1S/C20H18BrN3O3S2/c1-15(19-8-5-13-28-19)22-23-20(25)14-24(17-11-9-16(21)10-12-17)29(26,27)18-6-3-2-4-7-18/h2-13H,14H2,1H3,(H,23,25). The van der Waals surface area contributed by atoms with Gasteiger partial charge in [-0.15, -0.1) is 11.3 Å². The van der Waals surface area contributed by atoms with E-state index in [1.165, 1.54) is 23.5 Å². The molecular weight excluding hydrogens is 474 g/mol. The monoisotopic (exact) mass is 491 g/mol. The van der Waals surface area contributed by atoms with E-state index in [2.05, 4.69) is 26.5 Å². The maximum atomic E-state index is 13.2. The normalized spacial score (nSPS) is 11.9. The van der Waals surface area contributed by atoms with Crippen LogP contribution in [0.2, 0.25) is 0 Å². The number of hydrogen-bond acceptors (Lipinski definition) is 5. The third kappa shape index (κ3) is 5.31. The van der Waals surface area contributed by atoms with Crippen molar-refractivity contribution in [3.8, 4) is 0 Å². The lowest BCUT2D eigenvalue weighted by Crippen LogP contribution is -2.39. The molecular formula is C20H18BrN3O3S2. The Balaban J connectivity index is 1.86. The third-order valence-electron chi connectivity index (χ3n) is 3.96. The second-order valence-corrected chi connectivity index (χ2v) is 9.74. The van der Waals surface area contributed by atoms with E-state index in [-0.39, 0.29) is 4.90 Å². The van der Waals surface area contributed by atoms with Crippen molar-refractivity contribution in [3.63, 3.8) is 0 Å².